The van der Waals surface area contributed by atoms with Gasteiger partial charge < -0.3 is 14.4 Å². The Balaban J connectivity index is 1.99. The number of nitrogens with zero attached hydrogens (tertiary/aromatic N) is 1. The summed E-state index contributed by atoms with van der Waals surface area (Å²) in [7, 11) is -0.587. The lowest BCUT2D eigenvalue weighted by molar-refractivity contribution is -0.109. The number of rotatable bonds is 5. The number of aromatic nitrogens is 2. The first-order chi connectivity index (χ1) is 13.0. The molecule has 1 aliphatic heterocycles. The SMILES string of the molecule is CC(=O)SCC(=Cc1ccc2[nH]nc(C(=O)O)c2c1)B1OC(C)(C)C(C)(C)O1. The van der Waals surface area contributed by atoms with Gasteiger partial charge in [0.1, 0.15) is 0 Å². The summed E-state index contributed by atoms with van der Waals surface area (Å²) >= 11 is 1.18. The second-order valence-electron chi connectivity index (χ2n) is 7.77. The first kappa shape index (κ1) is 20.6. The normalized spacial score (nSPS) is 18.6. The standard InChI is InChI=1S/C19H23BN2O5S/c1-11(23)28-10-13(20-26-18(2,3)19(4,5)27-20)8-12-6-7-15-14(9-12)16(17(24)25)22-21-15/h6-9H,10H2,1-5H3,(H,21,22)(H,24,25). The van der Waals surface area contributed by atoms with Gasteiger partial charge in [0.25, 0.3) is 0 Å². The van der Waals surface area contributed by atoms with Gasteiger partial charge >= 0.3 is 13.1 Å². The van der Waals surface area contributed by atoms with E-state index in [1.54, 1.807) is 12.1 Å². The highest BCUT2D eigenvalue weighted by Crippen LogP contribution is 2.39. The molecular weight excluding hydrogens is 379 g/mol. The molecule has 1 fully saturated rings. The molecule has 1 saturated heterocycles. The number of benzene rings is 1. The van der Waals surface area contributed by atoms with Crippen LogP contribution in [0.2, 0.25) is 0 Å². The average molecular weight is 402 g/mol. The summed E-state index contributed by atoms with van der Waals surface area (Å²) in [5, 5.41) is 16.4. The predicted molar refractivity (Wildman–Crippen MR) is 110 cm³/mol. The van der Waals surface area contributed by atoms with Crippen LogP contribution in [0.15, 0.2) is 23.7 Å². The van der Waals surface area contributed by atoms with Crippen molar-refractivity contribution in [1.82, 2.24) is 10.2 Å². The van der Waals surface area contributed by atoms with Crippen LogP contribution < -0.4 is 0 Å². The van der Waals surface area contributed by atoms with Gasteiger partial charge in [-0.1, -0.05) is 23.9 Å². The Morgan fingerprint density at radius 1 is 1.25 bits per heavy atom. The Labute approximate surface area is 168 Å². The maximum Gasteiger partial charge on any atom is 0.491 e. The molecule has 2 N–H and O–H groups in total. The second kappa shape index (κ2) is 7.38. The zero-order valence-electron chi connectivity index (χ0n) is 16.5. The van der Waals surface area contributed by atoms with Crippen molar-refractivity contribution in [1.29, 1.82) is 0 Å². The summed E-state index contributed by atoms with van der Waals surface area (Å²) in [6, 6.07) is 5.39. The number of thioether (sulfide) groups is 1. The molecule has 2 aromatic rings. The monoisotopic (exact) mass is 402 g/mol. The lowest BCUT2D eigenvalue weighted by Crippen LogP contribution is -2.41. The van der Waals surface area contributed by atoms with Crippen LogP contribution in [0.5, 0.6) is 0 Å². The van der Waals surface area contributed by atoms with Crippen LogP contribution in [-0.4, -0.2) is 50.5 Å². The minimum atomic E-state index is -1.09. The van der Waals surface area contributed by atoms with Crippen LogP contribution in [-0.2, 0) is 14.1 Å². The first-order valence-electron chi connectivity index (χ1n) is 8.91. The van der Waals surface area contributed by atoms with E-state index >= 15 is 0 Å². The van der Waals surface area contributed by atoms with Gasteiger partial charge in [-0.2, -0.15) is 5.10 Å². The second-order valence-corrected chi connectivity index (χ2v) is 8.92. The highest BCUT2D eigenvalue weighted by molar-refractivity contribution is 8.13. The first-order valence-corrected chi connectivity index (χ1v) is 9.89. The number of hydrogen-bond acceptors (Lipinski definition) is 6. The van der Waals surface area contributed by atoms with Gasteiger partial charge in [0.05, 0.1) is 16.7 Å². The highest BCUT2D eigenvalue weighted by atomic mass is 32.2. The Morgan fingerprint density at radius 3 is 2.46 bits per heavy atom. The molecule has 0 atom stereocenters. The van der Waals surface area contributed by atoms with Gasteiger partial charge in [0.2, 0.25) is 0 Å². The number of carbonyl (C=O) groups is 2. The molecule has 148 valence electrons. The number of hydrogen-bond donors (Lipinski definition) is 2. The molecule has 0 radical (unpaired) electrons. The molecule has 0 saturated carbocycles. The third-order valence-electron chi connectivity index (χ3n) is 5.14. The van der Waals surface area contributed by atoms with E-state index in [0.29, 0.717) is 16.7 Å². The van der Waals surface area contributed by atoms with E-state index in [9.17, 15) is 14.7 Å². The fourth-order valence-electron chi connectivity index (χ4n) is 2.86. The smallest absolute Gasteiger partial charge is 0.476 e. The van der Waals surface area contributed by atoms with Crippen molar-refractivity contribution in [2.45, 2.75) is 45.8 Å². The van der Waals surface area contributed by atoms with E-state index in [1.165, 1.54) is 18.7 Å². The summed E-state index contributed by atoms with van der Waals surface area (Å²) < 4.78 is 12.3. The third kappa shape index (κ3) is 4.01. The number of fused-ring (bicyclic) bond motifs is 1. The van der Waals surface area contributed by atoms with Gasteiger partial charge in [-0.3, -0.25) is 9.89 Å². The molecule has 0 aliphatic carbocycles. The van der Waals surface area contributed by atoms with Crippen molar-refractivity contribution in [3.8, 4) is 0 Å². The number of carboxylic acid groups (broad SMARTS) is 1. The minimum absolute atomic E-state index is 0.000803. The molecule has 3 rings (SSSR count). The lowest BCUT2D eigenvalue weighted by atomic mass is 9.78. The number of nitrogens with one attached hydrogen (secondary N) is 1. The number of carbonyl (C=O) groups excluding carboxylic acids is 1. The van der Waals surface area contributed by atoms with Gasteiger partial charge in [-0.15, -0.1) is 0 Å². The maximum absolute atomic E-state index is 11.5. The zero-order valence-corrected chi connectivity index (χ0v) is 17.3. The van der Waals surface area contributed by atoms with Crippen molar-refractivity contribution < 1.29 is 24.0 Å². The molecule has 2 heterocycles. The topological polar surface area (TPSA) is 102 Å². The van der Waals surface area contributed by atoms with E-state index in [2.05, 4.69) is 10.2 Å². The molecular formula is C19H23BN2O5S. The van der Waals surface area contributed by atoms with Gasteiger partial charge in [-0.25, -0.2) is 4.79 Å². The fourth-order valence-corrected chi connectivity index (χ4v) is 3.45. The van der Waals surface area contributed by atoms with Crippen LogP contribution in [0.25, 0.3) is 17.0 Å². The summed E-state index contributed by atoms with van der Waals surface area (Å²) in [6.07, 6.45) is 1.89. The minimum Gasteiger partial charge on any atom is -0.476 e. The molecule has 0 amide bonds. The Morgan fingerprint density at radius 2 is 1.89 bits per heavy atom. The van der Waals surface area contributed by atoms with Crippen molar-refractivity contribution in [2.75, 3.05) is 5.75 Å². The Hall–Kier alpha value is -2.10. The van der Waals surface area contributed by atoms with Crippen molar-refractivity contribution in [3.63, 3.8) is 0 Å². The molecule has 28 heavy (non-hydrogen) atoms. The highest BCUT2D eigenvalue weighted by Gasteiger charge is 2.52. The van der Waals surface area contributed by atoms with Crippen molar-refractivity contribution in [3.05, 3.63) is 34.9 Å². The number of carboxylic acids is 1. The Kier molecular flexibility index (Phi) is 5.44. The van der Waals surface area contributed by atoms with E-state index in [4.69, 9.17) is 9.31 Å². The van der Waals surface area contributed by atoms with Gasteiger partial charge in [0.15, 0.2) is 10.8 Å². The van der Waals surface area contributed by atoms with E-state index in [-0.39, 0.29) is 10.8 Å². The molecule has 7 nitrogen and oxygen atoms in total. The Bertz CT molecular complexity index is 950. The van der Waals surface area contributed by atoms with Crippen LogP contribution >= 0.6 is 11.8 Å². The summed E-state index contributed by atoms with van der Waals surface area (Å²) in [6.45, 7) is 9.40. The fraction of sp³-hybridized carbons (Fsp3) is 0.421. The molecule has 0 bridgehead atoms. The number of aromatic carboxylic acids is 1. The molecule has 1 aromatic carbocycles. The van der Waals surface area contributed by atoms with Crippen LogP contribution in [0.1, 0.15) is 50.7 Å². The van der Waals surface area contributed by atoms with E-state index in [1.807, 2.05) is 39.8 Å². The maximum atomic E-state index is 11.5. The average Bonchev–Trinajstić information content (AvgIpc) is 3.09. The van der Waals surface area contributed by atoms with Gasteiger partial charge in [0, 0.05) is 18.1 Å². The number of H-pyrrole nitrogens is 1. The molecule has 1 aliphatic rings. The van der Waals surface area contributed by atoms with Crippen LogP contribution in [0.3, 0.4) is 0 Å². The summed E-state index contributed by atoms with van der Waals surface area (Å²) in [4.78, 5) is 22.9. The van der Waals surface area contributed by atoms with Crippen molar-refractivity contribution >= 4 is 46.9 Å². The third-order valence-corrected chi connectivity index (χ3v) is 6.02. The number of aromatic amines is 1. The summed E-state index contributed by atoms with van der Waals surface area (Å²) in [5.41, 5.74) is 1.21. The quantitative estimate of drug-likeness (QED) is 0.738. The van der Waals surface area contributed by atoms with Crippen LogP contribution in [0, 0.1) is 0 Å². The largest absolute Gasteiger partial charge is 0.491 e. The molecule has 9 heteroatoms. The molecule has 0 spiro atoms. The van der Waals surface area contributed by atoms with E-state index in [0.717, 1.165) is 11.0 Å². The molecule has 0 unspecified atom stereocenters. The zero-order chi connectivity index (χ0) is 20.7. The van der Waals surface area contributed by atoms with Crippen LogP contribution in [0.4, 0.5) is 0 Å². The van der Waals surface area contributed by atoms with Crippen molar-refractivity contribution in [2.24, 2.45) is 0 Å². The predicted octanol–water partition coefficient (Wildman–Crippen LogP) is 3.56. The van der Waals surface area contributed by atoms with E-state index < -0.39 is 24.3 Å². The van der Waals surface area contributed by atoms with Gasteiger partial charge in [-0.05, 0) is 50.9 Å². The molecule has 1 aromatic heterocycles. The lowest BCUT2D eigenvalue weighted by Gasteiger charge is -2.32. The summed E-state index contributed by atoms with van der Waals surface area (Å²) in [5.74, 6) is -0.674.